The van der Waals surface area contributed by atoms with Crippen LogP contribution in [0.2, 0.25) is 0 Å². The molecule has 32 heavy (non-hydrogen) atoms. The van der Waals surface area contributed by atoms with Gasteiger partial charge in [-0.15, -0.1) is 11.3 Å². The lowest BCUT2D eigenvalue weighted by Gasteiger charge is -2.27. The van der Waals surface area contributed by atoms with Crippen LogP contribution in [0.15, 0.2) is 48.5 Å². The van der Waals surface area contributed by atoms with Crippen LogP contribution in [0.1, 0.15) is 31.9 Å². The Bertz CT molecular complexity index is 1300. The minimum Gasteiger partial charge on any atom is -0.321 e. The summed E-state index contributed by atoms with van der Waals surface area (Å²) in [5, 5.41) is 8.52. The number of alkyl halides is 3. The van der Waals surface area contributed by atoms with Gasteiger partial charge in [0.25, 0.3) is 5.91 Å². The maximum atomic E-state index is 12.9. The van der Waals surface area contributed by atoms with Crippen molar-refractivity contribution >= 4 is 28.6 Å². The monoisotopic (exact) mass is 458 g/mol. The lowest BCUT2D eigenvalue weighted by Crippen LogP contribution is -2.30. The molecule has 164 valence electrons. The topological polar surface area (TPSA) is 75.4 Å². The molecule has 1 N–H and O–H groups in total. The van der Waals surface area contributed by atoms with Gasteiger partial charge in [-0.2, -0.15) is 18.3 Å². The molecule has 4 aromatic heterocycles. The van der Waals surface area contributed by atoms with Gasteiger partial charge >= 0.3 is 6.18 Å². The molecule has 1 amide bonds. The summed E-state index contributed by atoms with van der Waals surface area (Å²) in [6.07, 6.45) is 3.59. The molecule has 7 nitrogen and oxygen atoms in total. The fourth-order valence-electron chi connectivity index (χ4n) is 3.76. The van der Waals surface area contributed by atoms with Crippen LogP contribution < -0.4 is 5.32 Å². The molecular weight excluding hydrogens is 441 g/mol. The van der Waals surface area contributed by atoms with Crippen molar-refractivity contribution in [3.63, 3.8) is 0 Å². The third-order valence-corrected chi connectivity index (χ3v) is 6.31. The van der Waals surface area contributed by atoms with Gasteiger partial charge in [0.05, 0.1) is 29.2 Å². The fraction of sp³-hybridized carbons (Fsp3) is 0.238. The minimum atomic E-state index is -4.52. The second-order valence-corrected chi connectivity index (χ2v) is 8.49. The van der Waals surface area contributed by atoms with Gasteiger partial charge in [-0.3, -0.25) is 14.7 Å². The van der Waals surface area contributed by atoms with Crippen LogP contribution in [-0.2, 0) is 25.7 Å². The van der Waals surface area contributed by atoms with Crippen LogP contribution in [0.25, 0.3) is 5.65 Å². The van der Waals surface area contributed by atoms with Crippen molar-refractivity contribution in [2.45, 2.75) is 25.7 Å². The number of carbonyl (C=O) groups excluding carboxylic acids is 1. The minimum absolute atomic E-state index is 0.0173. The van der Waals surface area contributed by atoms with E-state index in [1.165, 1.54) is 17.5 Å². The molecule has 4 aromatic rings. The van der Waals surface area contributed by atoms with Gasteiger partial charge in [0, 0.05) is 60.1 Å². The largest absolute Gasteiger partial charge is 0.417 e. The van der Waals surface area contributed by atoms with Crippen molar-refractivity contribution < 1.29 is 18.0 Å². The molecule has 0 unspecified atom stereocenters. The fourth-order valence-corrected chi connectivity index (χ4v) is 4.88. The van der Waals surface area contributed by atoms with Crippen molar-refractivity contribution in [1.82, 2.24) is 24.5 Å². The molecule has 0 aromatic carbocycles. The molecule has 5 rings (SSSR count). The van der Waals surface area contributed by atoms with E-state index >= 15 is 0 Å². The van der Waals surface area contributed by atoms with E-state index in [9.17, 15) is 18.0 Å². The van der Waals surface area contributed by atoms with Crippen LogP contribution >= 0.6 is 11.3 Å². The van der Waals surface area contributed by atoms with Crippen molar-refractivity contribution in [1.29, 1.82) is 0 Å². The van der Waals surface area contributed by atoms with Crippen LogP contribution in [0.4, 0.5) is 18.9 Å². The number of hydrogen-bond donors (Lipinski definition) is 1. The van der Waals surface area contributed by atoms with E-state index in [-0.39, 0.29) is 5.69 Å². The number of thiophene rings is 1. The molecule has 1 aliphatic rings. The zero-order valence-corrected chi connectivity index (χ0v) is 17.5. The van der Waals surface area contributed by atoms with E-state index in [0.717, 1.165) is 40.5 Å². The Morgan fingerprint density at radius 1 is 1.25 bits per heavy atom. The maximum absolute atomic E-state index is 12.9. The highest BCUT2D eigenvalue weighted by Crippen LogP contribution is 2.32. The van der Waals surface area contributed by atoms with E-state index in [0.29, 0.717) is 25.1 Å². The Kier molecular flexibility index (Phi) is 5.14. The average Bonchev–Trinajstić information content (AvgIpc) is 3.39. The lowest BCUT2D eigenvalue weighted by atomic mass is 10.0. The van der Waals surface area contributed by atoms with E-state index in [4.69, 9.17) is 0 Å². The molecule has 0 radical (unpaired) electrons. The van der Waals surface area contributed by atoms with Crippen molar-refractivity contribution in [2.75, 3.05) is 11.9 Å². The van der Waals surface area contributed by atoms with Gasteiger partial charge < -0.3 is 5.32 Å². The molecule has 0 fully saturated rings. The summed E-state index contributed by atoms with van der Waals surface area (Å²) in [7, 11) is 0. The van der Waals surface area contributed by atoms with Gasteiger partial charge in [-0.25, -0.2) is 9.50 Å². The van der Waals surface area contributed by atoms with Gasteiger partial charge in [-0.1, -0.05) is 0 Å². The second kappa shape index (κ2) is 7.99. The molecule has 0 spiro atoms. The summed E-state index contributed by atoms with van der Waals surface area (Å²) >= 11 is 1.49. The Balaban J connectivity index is 1.28. The quantitative estimate of drug-likeness (QED) is 0.500. The van der Waals surface area contributed by atoms with Crippen LogP contribution in [0.5, 0.6) is 0 Å². The zero-order valence-electron chi connectivity index (χ0n) is 16.6. The molecule has 0 aliphatic carbocycles. The number of fused-ring (bicyclic) bond motifs is 2. The molecule has 0 saturated carbocycles. The highest BCUT2D eigenvalue weighted by molar-refractivity contribution is 7.10. The van der Waals surface area contributed by atoms with Gasteiger partial charge in [0.1, 0.15) is 0 Å². The summed E-state index contributed by atoms with van der Waals surface area (Å²) in [6.45, 7) is 2.15. The number of rotatable bonds is 4. The predicted octanol–water partition coefficient (Wildman–Crippen LogP) is 4.02. The van der Waals surface area contributed by atoms with E-state index in [2.05, 4.69) is 25.3 Å². The number of aromatic nitrogens is 4. The zero-order chi connectivity index (χ0) is 22.3. The smallest absolute Gasteiger partial charge is 0.321 e. The number of pyridine rings is 1. The molecule has 1 aliphatic heterocycles. The van der Waals surface area contributed by atoms with Gasteiger partial charge in [0.2, 0.25) is 0 Å². The summed E-state index contributed by atoms with van der Waals surface area (Å²) in [5.41, 5.74) is 2.40. The number of halogens is 3. The Hall–Kier alpha value is -3.31. The third kappa shape index (κ3) is 4.08. The number of nitrogens with zero attached hydrogens (tertiary/aromatic N) is 5. The van der Waals surface area contributed by atoms with Crippen molar-refractivity contribution in [2.24, 2.45) is 0 Å². The highest BCUT2D eigenvalue weighted by atomic mass is 32.1. The highest BCUT2D eigenvalue weighted by Gasteiger charge is 2.31. The standard InChI is InChI=1S/C21H17F3N6OS/c22-21(23,24)14-5-15(8-25-7-14)28-20(31)17-12-32-18-11-29(4-2-16(17)18)9-13-6-26-19-1-3-27-30(19)10-13/h1,3,5-8,10,12H,2,4,9,11H2,(H,28,31). The van der Waals surface area contributed by atoms with Gasteiger partial charge in [0.15, 0.2) is 5.65 Å². The van der Waals surface area contributed by atoms with Crippen LogP contribution in [0.3, 0.4) is 0 Å². The van der Waals surface area contributed by atoms with Crippen molar-refractivity contribution in [3.05, 3.63) is 75.6 Å². The molecule has 5 heterocycles. The molecule has 0 atom stereocenters. The summed E-state index contributed by atoms with van der Waals surface area (Å²) in [6, 6.07) is 2.72. The first-order chi connectivity index (χ1) is 15.4. The molecular formula is C21H17F3N6OS. The Labute approximate surface area is 184 Å². The summed E-state index contributed by atoms with van der Waals surface area (Å²) in [4.78, 5) is 24.1. The molecule has 0 saturated heterocycles. The first-order valence-corrected chi connectivity index (χ1v) is 10.7. The normalized spacial score (nSPS) is 14.5. The number of amides is 1. The first-order valence-electron chi connectivity index (χ1n) is 9.80. The second-order valence-electron chi connectivity index (χ2n) is 7.52. The Morgan fingerprint density at radius 3 is 2.97 bits per heavy atom. The summed E-state index contributed by atoms with van der Waals surface area (Å²) in [5.74, 6) is -0.426. The maximum Gasteiger partial charge on any atom is 0.417 e. The number of hydrogen-bond acceptors (Lipinski definition) is 6. The average molecular weight is 458 g/mol. The van der Waals surface area contributed by atoms with Gasteiger partial charge in [-0.05, 0) is 18.1 Å². The van der Waals surface area contributed by atoms with Crippen LogP contribution in [-0.4, -0.2) is 36.9 Å². The van der Waals surface area contributed by atoms with Crippen molar-refractivity contribution in [3.8, 4) is 0 Å². The summed E-state index contributed by atoms with van der Waals surface area (Å²) < 4.78 is 40.4. The van der Waals surface area contributed by atoms with Crippen LogP contribution in [0, 0.1) is 0 Å². The molecule has 0 bridgehead atoms. The number of anilines is 1. The predicted molar refractivity (Wildman–Crippen MR) is 112 cm³/mol. The first kappa shape index (κ1) is 20.6. The third-order valence-electron chi connectivity index (χ3n) is 5.30. The number of nitrogens with one attached hydrogen (secondary N) is 1. The van der Waals surface area contributed by atoms with E-state index < -0.39 is 17.6 Å². The van der Waals surface area contributed by atoms with E-state index in [1.807, 2.05) is 18.5 Å². The SMILES string of the molecule is O=C(Nc1cncc(C(F)(F)F)c1)c1csc2c1CCN(Cc1cnc3ccnn3c1)C2. The lowest BCUT2D eigenvalue weighted by molar-refractivity contribution is -0.137. The Morgan fingerprint density at radius 2 is 2.12 bits per heavy atom. The molecule has 11 heteroatoms. The number of carbonyl (C=O) groups is 1. The van der Waals surface area contributed by atoms with E-state index in [1.54, 1.807) is 16.1 Å².